The van der Waals surface area contributed by atoms with Crippen LogP contribution in [0.3, 0.4) is 0 Å². The van der Waals surface area contributed by atoms with Gasteiger partial charge in [-0.2, -0.15) is 13.2 Å². The molecule has 0 aromatic rings. The minimum absolute atomic E-state index is 0. The highest BCUT2D eigenvalue weighted by atomic mass is 35.5. The summed E-state index contributed by atoms with van der Waals surface area (Å²) >= 11 is 0. The van der Waals surface area contributed by atoms with Crippen molar-refractivity contribution >= 4 is 0 Å². The van der Waals surface area contributed by atoms with Crippen LogP contribution in [-0.2, 0) is 0 Å². The van der Waals surface area contributed by atoms with Crippen molar-refractivity contribution in [1.29, 1.82) is 0 Å². The van der Waals surface area contributed by atoms with Gasteiger partial charge in [-0.05, 0) is 12.8 Å². The predicted molar refractivity (Wildman–Crippen MR) is 30.1 cm³/mol. The lowest BCUT2D eigenvalue weighted by Crippen LogP contribution is -3.00. The Balaban J connectivity index is 0.000001000. The van der Waals surface area contributed by atoms with E-state index in [2.05, 4.69) is 5.73 Å². The van der Waals surface area contributed by atoms with Gasteiger partial charge >= 0.3 is 6.18 Å². The van der Waals surface area contributed by atoms with Crippen LogP contribution in [0, 0.1) is 5.92 Å². The average molecular weight is 190 g/mol. The van der Waals surface area contributed by atoms with E-state index in [1.54, 1.807) is 0 Å². The molecule has 5 heteroatoms. The van der Waals surface area contributed by atoms with Crippen LogP contribution >= 0.6 is 0 Å². The number of rotatable bonds is 0. The maximum atomic E-state index is 11.9. The maximum absolute atomic E-state index is 11.9. The van der Waals surface area contributed by atoms with E-state index in [-0.39, 0.29) is 31.3 Å². The Morgan fingerprint density at radius 2 is 1.73 bits per heavy atom. The van der Waals surface area contributed by atoms with Crippen molar-refractivity contribution in [2.24, 2.45) is 5.92 Å². The van der Waals surface area contributed by atoms with Gasteiger partial charge in [-0.1, -0.05) is 0 Å². The third kappa shape index (κ3) is 2.87. The smallest absolute Gasteiger partial charge is 0.392 e. The fraction of sp³-hybridized carbons (Fsp3) is 1.00. The fourth-order valence-electron chi connectivity index (χ4n) is 1.37. The van der Waals surface area contributed by atoms with Crippen molar-refractivity contribution in [1.82, 2.24) is 0 Å². The van der Waals surface area contributed by atoms with Gasteiger partial charge in [0.25, 0.3) is 0 Å². The first kappa shape index (κ1) is 11.0. The Hall–Kier alpha value is 0.0400. The molecule has 11 heavy (non-hydrogen) atoms. The Labute approximate surface area is 69.5 Å². The van der Waals surface area contributed by atoms with Crippen LogP contribution in [-0.4, -0.2) is 12.2 Å². The largest absolute Gasteiger partial charge is 1.00 e. The molecule has 0 heterocycles. The molecular formula is C6H11ClF3N. The van der Waals surface area contributed by atoms with E-state index in [0.717, 1.165) is 0 Å². The second-order valence-electron chi connectivity index (χ2n) is 2.92. The fourth-order valence-corrected chi connectivity index (χ4v) is 1.37. The van der Waals surface area contributed by atoms with E-state index in [4.69, 9.17) is 0 Å². The van der Waals surface area contributed by atoms with Gasteiger partial charge in [-0.25, -0.2) is 0 Å². The van der Waals surface area contributed by atoms with E-state index >= 15 is 0 Å². The van der Waals surface area contributed by atoms with E-state index in [1.165, 1.54) is 0 Å². The first-order valence-corrected chi connectivity index (χ1v) is 3.40. The first-order valence-electron chi connectivity index (χ1n) is 3.40. The highest BCUT2D eigenvalue weighted by Gasteiger charge is 2.44. The summed E-state index contributed by atoms with van der Waals surface area (Å²) in [6.07, 6.45) is -2.85. The van der Waals surface area contributed by atoms with Crippen LogP contribution in [0.25, 0.3) is 0 Å². The quantitative estimate of drug-likeness (QED) is 0.455. The van der Waals surface area contributed by atoms with Crippen molar-refractivity contribution < 1.29 is 31.3 Å². The average Bonchev–Trinajstić information content (AvgIpc) is 2.11. The molecule has 0 saturated heterocycles. The molecule has 1 nitrogen and oxygen atoms in total. The molecular weight excluding hydrogens is 179 g/mol. The zero-order chi connectivity index (χ0) is 7.78. The zero-order valence-electron chi connectivity index (χ0n) is 5.99. The summed E-state index contributed by atoms with van der Waals surface area (Å²) in [6.45, 7) is 0. The Bertz CT molecular complexity index is 125. The molecule has 0 amide bonds. The van der Waals surface area contributed by atoms with Crippen LogP contribution in [0.1, 0.15) is 19.3 Å². The number of quaternary nitrogens is 1. The molecule has 3 N–H and O–H groups in total. The van der Waals surface area contributed by atoms with Gasteiger partial charge in [0.15, 0.2) is 0 Å². The van der Waals surface area contributed by atoms with Crippen molar-refractivity contribution in [2.45, 2.75) is 31.5 Å². The van der Waals surface area contributed by atoms with Gasteiger partial charge in [-0.3, -0.25) is 0 Å². The van der Waals surface area contributed by atoms with Crippen LogP contribution in [0.5, 0.6) is 0 Å². The molecule has 0 radical (unpaired) electrons. The number of alkyl halides is 3. The summed E-state index contributed by atoms with van der Waals surface area (Å²) in [5.41, 5.74) is 3.60. The van der Waals surface area contributed by atoms with E-state index in [9.17, 15) is 13.2 Å². The van der Waals surface area contributed by atoms with Crippen molar-refractivity contribution in [3.05, 3.63) is 0 Å². The molecule has 0 aromatic heterocycles. The second kappa shape index (κ2) is 3.63. The molecule has 1 fully saturated rings. The molecule has 0 spiro atoms. The molecule has 0 aromatic carbocycles. The Kier molecular flexibility index (Phi) is 3.64. The molecule has 1 aliphatic rings. The highest BCUT2D eigenvalue weighted by molar-refractivity contribution is 4.78. The Morgan fingerprint density at radius 1 is 1.18 bits per heavy atom. The topological polar surface area (TPSA) is 27.6 Å². The van der Waals surface area contributed by atoms with Crippen LogP contribution in [0.2, 0.25) is 0 Å². The second-order valence-corrected chi connectivity index (χ2v) is 2.92. The van der Waals surface area contributed by atoms with Crippen LogP contribution in [0.4, 0.5) is 13.2 Å². The van der Waals surface area contributed by atoms with E-state index < -0.39 is 12.1 Å². The lowest BCUT2D eigenvalue weighted by molar-refractivity contribution is -0.419. The van der Waals surface area contributed by atoms with Gasteiger partial charge in [-0.15, -0.1) is 0 Å². The highest BCUT2D eigenvalue weighted by Crippen LogP contribution is 2.37. The van der Waals surface area contributed by atoms with Gasteiger partial charge in [0, 0.05) is 6.42 Å². The number of halogens is 4. The van der Waals surface area contributed by atoms with Gasteiger partial charge < -0.3 is 18.1 Å². The summed E-state index contributed by atoms with van der Waals surface area (Å²) in [5, 5.41) is 0. The van der Waals surface area contributed by atoms with Crippen molar-refractivity contribution in [2.75, 3.05) is 0 Å². The lowest BCUT2D eigenvalue weighted by Gasteiger charge is -2.12. The summed E-state index contributed by atoms with van der Waals surface area (Å²) in [5.74, 6) is -1.07. The van der Waals surface area contributed by atoms with Crippen molar-refractivity contribution in [3.63, 3.8) is 0 Å². The first-order chi connectivity index (χ1) is 4.50. The predicted octanol–water partition coefficient (Wildman–Crippen LogP) is -2.04. The van der Waals surface area contributed by atoms with Crippen LogP contribution < -0.4 is 18.1 Å². The normalized spacial score (nSPS) is 31.6. The number of hydrogen-bond acceptors (Lipinski definition) is 0. The van der Waals surface area contributed by atoms with Gasteiger partial charge in [0.05, 0.1) is 12.0 Å². The minimum atomic E-state index is -3.98. The maximum Gasteiger partial charge on any atom is 0.392 e. The molecule has 1 aliphatic carbocycles. The molecule has 0 aliphatic heterocycles. The summed E-state index contributed by atoms with van der Waals surface area (Å²) in [4.78, 5) is 0. The molecule has 2 atom stereocenters. The lowest BCUT2D eigenvalue weighted by atomic mass is 10.1. The van der Waals surface area contributed by atoms with Crippen LogP contribution in [0.15, 0.2) is 0 Å². The van der Waals surface area contributed by atoms with E-state index in [1.807, 2.05) is 0 Å². The molecule has 1 rings (SSSR count). The summed E-state index contributed by atoms with van der Waals surface area (Å²) < 4.78 is 35.7. The third-order valence-corrected chi connectivity index (χ3v) is 2.00. The summed E-state index contributed by atoms with van der Waals surface area (Å²) in [6, 6.07) is 0.0200. The molecule has 0 bridgehead atoms. The molecule has 2 unspecified atom stereocenters. The number of hydrogen-bond donors (Lipinski definition) is 1. The standard InChI is InChI=1S/C6H10F3N.ClH/c7-6(8,9)4-1-2-5(10)3-4;/h4-5H,1-3,10H2;1H. The monoisotopic (exact) mass is 189 g/mol. The van der Waals surface area contributed by atoms with E-state index in [0.29, 0.717) is 6.42 Å². The molecule has 68 valence electrons. The zero-order valence-corrected chi connectivity index (χ0v) is 6.75. The van der Waals surface area contributed by atoms with Gasteiger partial charge in [0.2, 0.25) is 0 Å². The minimum Gasteiger partial charge on any atom is -1.00 e. The SMILES string of the molecule is [Cl-].[NH3+]C1CCC(C(F)(F)F)C1. The summed E-state index contributed by atoms with van der Waals surface area (Å²) in [7, 11) is 0. The molecule has 1 saturated carbocycles. The van der Waals surface area contributed by atoms with Crippen molar-refractivity contribution in [3.8, 4) is 0 Å². The third-order valence-electron chi connectivity index (χ3n) is 2.00. The Morgan fingerprint density at radius 3 is 1.91 bits per heavy atom. The van der Waals surface area contributed by atoms with Gasteiger partial charge in [0.1, 0.15) is 0 Å².